The summed E-state index contributed by atoms with van der Waals surface area (Å²) in [5, 5.41) is 0. The Morgan fingerprint density at radius 1 is 1.47 bits per heavy atom. The Morgan fingerprint density at radius 3 is 2.47 bits per heavy atom. The zero-order valence-electron chi connectivity index (χ0n) is 12.0. The van der Waals surface area contributed by atoms with Gasteiger partial charge in [-0.3, -0.25) is 0 Å². The van der Waals surface area contributed by atoms with Crippen molar-refractivity contribution in [1.82, 2.24) is 9.03 Å². The summed E-state index contributed by atoms with van der Waals surface area (Å²) in [5.74, 6) is 0.396. The van der Waals surface area contributed by atoms with Crippen LogP contribution in [0.15, 0.2) is 0 Å². The second-order valence-electron chi connectivity index (χ2n) is 5.37. The van der Waals surface area contributed by atoms with Gasteiger partial charge < -0.3 is 5.73 Å². The Balaban J connectivity index is 2.91. The van der Waals surface area contributed by atoms with Crippen LogP contribution in [-0.2, 0) is 10.2 Å². The van der Waals surface area contributed by atoms with Crippen molar-refractivity contribution in [3.63, 3.8) is 0 Å². The number of rotatable bonds is 6. The molecule has 0 aromatic carbocycles. The maximum atomic E-state index is 12.5. The van der Waals surface area contributed by atoms with Gasteiger partial charge in [0.25, 0.3) is 10.2 Å². The topological polar surface area (TPSA) is 75.4 Å². The highest BCUT2D eigenvalue weighted by molar-refractivity contribution is 7.87. The average Bonchev–Trinajstić information content (AvgIpc) is 2.35. The average molecular weight is 307 g/mol. The lowest BCUT2D eigenvalue weighted by atomic mass is 9.94. The predicted octanol–water partition coefficient (Wildman–Crippen LogP) is 1.40. The number of piperidine rings is 1. The van der Waals surface area contributed by atoms with Gasteiger partial charge >= 0.3 is 0 Å². The van der Waals surface area contributed by atoms with Crippen LogP contribution in [0.25, 0.3) is 0 Å². The van der Waals surface area contributed by atoms with Crippen molar-refractivity contribution >= 4 is 27.4 Å². The summed E-state index contributed by atoms with van der Waals surface area (Å²) in [6.07, 6.45) is 3.09. The van der Waals surface area contributed by atoms with Crippen molar-refractivity contribution in [1.29, 1.82) is 0 Å². The van der Waals surface area contributed by atoms with Crippen molar-refractivity contribution in [2.24, 2.45) is 11.7 Å². The molecule has 0 bridgehead atoms. The number of nitrogens with two attached hydrogens (primary N) is 1. The fourth-order valence-electron chi connectivity index (χ4n) is 2.47. The van der Waals surface area contributed by atoms with E-state index in [1.807, 2.05) is 13.8 Å². The molecule has 1 aliphatic heterocycles. The molecule has 3 N–H and O–H groups in total. The van der Waals surface area contributed by atoms with Crippen LogP contribution >= 0.6 is 12.2 Å². The maximum absolute atomic E-state index is 12.5. The Bertz CT molecular complexity index is 419. The highest BCUT2D eigenvalue weighted by atomic mass is 32.2. The van der Waals surface area contributed by atoms with E-state index in [1.54, 1.807) is 0 Å². The smallest absolute Gasteiger partial charge is 0.280 e. The standard InChI is InChI=1S/C12H25N3O2S2/c1-4-12(5-2,11(13)18)14-19(16,17)15-8-6-7-10(3)9-15/h10,14H,4-9H2,1-3H3,(H2,13,18). The zero-order valence-corrected chi connectivity index (χ0v) is 13.6. The third-order valence-corrected chi connectivity index (χ3v) is 6.01. The van der Waals surface area contributed by atoms with E-state index < -0.39 is 15.7 Å². The van der Waals surface area contributed by atoms with Crippen molar-refractivity contribution in [3.8, 4) is 0 Å². The first kappa shape index (κ1) is 16.8. The second-order valence-corrected chi connectivity index (χ2v) is 7.48. The monoisotopic (exact) mass is 307 g/mol. The van der Waals surface area contributed by atoms with E-state index in [0.29, 0.717) is 31.8 Å². The van der Waals surface area contributed by atoms with Crippen LogP contribution in [0.3, 0.4) is 0 Å². The molecule has 0 aromatic rings. The molecule has 1 rings (SSSR count). The van der Waals surface area contributed by atoms with Gasteiger partial charge in [0.2, 0.25) is 0 Å². The molecule has 5 nitrogen and oxygen atoms in total. The van der Waals surface area contributed by atoms with E-state index in [2.05, 4.69) is 11.6 Å². The molecular formula is C12H25N3O2S2. The van der Waals surface area contributed by atoms with Gasteiger partial charge in [0.05, 0.1) is 10.5 Å². The third-order valence-electron chi connectivity index (χ3n) is 3.96. The maximum Gasteiger partial charge on any atom is 0.280 e. The first-order valence-electron chi connectivity index (χ1n) is 6.86. The molecule has 7 heteroatoms. The highest BCUT2D eigenvalue weighted by Crippen LogP contribution is 2.22. The van der Waals surface area contributed by atoms with Gasteiger partial charge in [0.1, 0.15) is 0 Å². The van der Waals surface area contributed by atoms with Crippen molar-refractivity contribution < 1.29 is 8.42 Å². The lowest BCUT2D eigenvalue weighted by molar-refractivity contribution is 0.274. The Morgan fingerprint density at radius 2 is 2.05 bits per heavy atom. The van der Waals surface area contributed by atoms with Gasteiger partial charge in [0.15, 0.2) is 0 Å². The SMILES string of the molecule is CCC(CC)(NS(=O)(=O)N1CCCC(C)C1)C(N)=S. The second kappa shape index (κ2) is 6.47. The number of nitrogens with zero attached hydrogens (tertiary/aromatic N) is 1. The molecule has 0 aromatic heterocycles. The fraction of sp³-hybridized carbons (Fsp3) is 0.917. The molecule has 0 radical (unpaired) electrons. The molecule has 112 valence electrons. The van der Waals surface area contributed by atoms with E-state index in [4.69, 9.17) is 18.0 Å². The molecule has 0 saturated carbocycles. The molecule has 1 fully saturated rings. The minimum atomic E-state index is -3.53. The quantitative estimate of drug-likeness (QED) is 0.727. The molecule has 0 aliphatic carbocycles. The van der Waals surface area contributed by atoms with Crippen LogP contribution in [-0.4, -0.2) is 36.3 Å². The minimum absolute atomic E-state index is 0.214. The molecule has 19 heavy (non-hydrogen) atoms. The largest absolute Gasteiger partial charge is 0.392 e. The molecule has 1 atom stereocenters. The summed E-state index contributed by atoms with van der Waals surface area (Å²) < 4.78 is 29.2. The first-order valence-corrected chi connectivity index (χ1v) is 8.71. The lowest BCUT2D eigenvalue weighted by Gasteiger charge is -2.36. The summed E-state index contributed by atoms with van der Waals surface area (Å²) in [6.45, 7) is 6.99. The van der Waals surface area contributed by atoms with Crippen LogP contribution < -0.4 is 10.5 Å². The summed E-state index contributed by atoms with van der Waals surface area (Å²) in [7, 11) is -3.53. The van der Waals surface area contributed by atoms with Crippen LogP contribution in [0.1, 0.15) is 46.5 Å². The van der Waals surface area contributed by atoms with Crippen LogP contribution in [0.2, 0.25) is 0 Å². The van der Waals surface area contributed by atoms with Gasteiger partial charge in [-0.1, -0.05) is 33.0 Å². The normalized spacial score (nSPS) is 22.4. The molecule has 1 aliphatic rings. The minimum Gasteiger partial charge on any atom is -0.392 e. The molecule has 1 saturated heterocycles. The third kappa shape index (κ3) is 3.87. The van der Waals surface area contributed by atoms with E-state index in [0.717, 1.165) is 12.8 Å². The van der Waals surface area contributed by atoms with Gasteiger partial charge in [-0.25, -0.2) is 0 Å². The number of thiocarbonyl (C=S) groups is 1. The molecule has 1 unspecified atom stereocenters. The predicted molar refractivity (Wildman–Crippen MR) is 82.1 cm³/mol. The summed E-state index contributed by atoms with van der Waals surface area (Å²) >= 11 is 5.05. The van der Waals surface area contributed by atoms with E-state index in [-0.39, 0.29) is 4.99 Å². The number of hydrogen-bond acceptors (Lipinski definition) is 3. The van der Waals surface area contributed by atoms with Crippen molar-refractivity contribution in [2.75, 3.05) is 13.1 Å². The molecule has 1 heterocycles. The van der Waals surface area contributed by atoms with Gasteiger partial charge in [-0.05, 0) is 31.6 Å². The van der Waals surface area contributed by atoms with E-state index >= 15 is 0 Å². The fourth-order valence-corrected chi connectivity index (χ4v) is 4.72. The first-order chi connectivity index (χ1) is 8.77. The zero-order chi connectivity index (χ0) is 14.7. The van der Waals surface area contributed by atoms with Crippen molar-refractivity contribution in [2.45, 2.75) is 52.0 Å². The molecular weight excluding hydrogens is 282 g/mol. The van der Waals surface area contributed by atoms with Gasteiger partial charge in [-0.2, -0.15) is 17.4 Å². The van der Waals surface area contributed by atoms with Crippen LogP contribution in [0, 0.1) is 5.92 Å². The van der Waals surface area contributed by atoms with E-state index in [1.165, 1.54) is 4.31 Å². The summed E-state index contributed by atoms with van der Waals surface area (Å²) in [6, 6.07) is 0. The Hall–Kier alpha value is -0.240. The van der Waals surface area contributed by atoms with Crippen LogP contribution in [0.5, 0.6) is 0 Å². The summed E-state index contributed by atoms with van der Waals surface area (Å²) in [4.78, 5) is 0.214. The van der Waals surface area contributed by atoms with E-state index in [9.17, 15) is 8.42 Å². The Kier molecular flexibility index (Phi) is 5.73. The van der Waals surface area contributed by atoms with Crippen LogP contribution in [0.4, 0.5) is 0 Å². The van der Waals surface area contributed by atoms with Crippen molar-refractivity contribution in [3.05, 3.63) is 0 Å². The highest BCUT2D eigenvalue weighted by Gasteiger charge is 2.37. The molecule has 0 spiro atoms. The lowest BCUT2D eigenvalue weighted by Crippen LogP contribution is -2.59. The van der Waals surface area contributed by atoms with Gasteiger partial charge in [-0.15, -0.1) is 0 Å². The van der Waals surface area contributed by atoms with Gasteiger partial charge in [0, 0.05) is 13.1 Å². The Labute approximate surface area is 122 Å². The number of nitrogens with one attached hydrogen (secondary N) is 1. The number of hydrogen-bond donors (Lipinski definition) is 2. The summed E-state index contributed by atoms with van der Waals surface area (Å²) in [5.41, 5.74) is 4.93. The molecule has 0 amide bonds.